The van der Waals surface area contributed by atoms with E-state index in [2.05, 4.69) is 33.9 Å². The Morgan fingerprint density at radius 1 is 1.34 bits per heavy atom. The molecule has 0 N–H and O–H groups in total. The van der Waals surface area contributed by atoms with Crippen molar-refractivity contribution < 1.29 is 18.8 Å². The molecule has 6 heteroatoms. The summed E-state index contributed by atoms with van der Waals surface area (Å²) in [6.07, 6.45) is 6.08. The Morgan fingerprint density at radius 3 is 2.59 bits per heavy atom. The van der Waals surface area contributed by atoms with E-state index in [9.17, 15) is 9.59 Å². The summed E-state index contributed by atoms with van der Waals surface area (Å²) in [6.45, 7) is 16.7. The predicted octanol–water partition coefficient (Wildman–Crippen LogP) is 4.50. The van der Waals surface area contributed by atoms with Gasteiger partial charge in [-0.2, -0.15) is 0 Å². The van der Waals surface area contributed by atoms with Crippen LogP contribution in [0.5, 0.6) is 0 Å². The molecule has 2 atom stereocenters. The van der Waals surface area contributed by atoms with Gasteiger partial charge in [-0.3, -0.25) is 9.59 Å². The van der Waals surface area contributed by atoms with Crippen molar-refractivity contribution in [1.29, 1.82) is 0 Å². The van der Waals surface area contributed by atoms with Gasteiger partial charge in [-0.15, -0.1) is 0 Å². The maximum absolute atomic E-state index is 13.6. The minimum Gasteiger partial charge on any atom is -0.417 e. The Balaban J connectivity index is 2.22. The zero-order chi connectivity index (χ0) is 22.0. The Labute approximate surface area is 177 Å². The van der Waals surface area contributed by atoms with Gasteiger partial charge in [-0.1, -0.05) is 26.8 Å². The topological polar surface area (TPSA) is 55.8 Å². The van der Waals surface area contributed by atoms with Crippen molar-refractivity contribution in [1.82, 2.24) is 4.90 Å². The van der Waals surface area contributed by atoms with Crippen molar-refractivity contribution >= 4 is 20.0 Å². The van der Waals surface area contributed by atoms with Gasteiger partial charge in [-0.05, 0) is 68.5 Å². The van der Waals surface area contributed by atoms with Gasteiger partial charge in [0.15, 0.2) is 14.1 Å². The van der Waals surface area contributed by atoms with E-state index >= 15 is 0 Å². The molecule has 29 heavy (non-hydrogen) atoms. The third kappa shape index (κ3) is 5.09. The predicted molar refractivity (Wildman–Crippen MR) is 119 cm³/mol. The minimum atomic E-state index is -1.88. The molecule has 1 fully saturated rings. The third-order valence-corrected chi connectivity index (χ3v) is 11.5. The van der Waals surface area contributed by atoms with Gasteiger partial charge in [0.05, 0.1) is 18.1 Å². The van der Waals surface area contributed by atoms with E-state index in [0.29, 0.717) is 25.2 Å². The van der Waals surface area contributed by atoms with Crippen LogP contribution in [0.15, 0.2) is 23.3 Å². The highest BCUT2D eigenvalue weighted by atomic mass is 28.4. The van der Waals surface area contributed by atoms with Gasteiger partial charge < -0.3 is 14.1 Å². The number of amides is 1. The number of rotatable bonds is 7. The molecule has 5 nitrogen and oxygen atoms in total. The number of ketones is 1. The van der Waals surface area contributed by atoms with E-state index in [4.69, 9.17) is 9.16 Å². The van der Waals surface area contributed by atoms with Crippen LogP contribution in [0.2, 0.25) is 18.1 Å². The Bertz CT molecular complexity index is 704. The van der Waals surface area contributed by atoms with E-state index in [-0.39, 0.29) is 22.8 Å². The summed E-state index contributed by atoms with van der Waals surface area (Å²) < 4.78 is 11.7. The highest BCUT2D eigenvalue weighted by Gasteiger charge is 2.44. The maximum Gasteiger partial charge on any atom is 0.236 e. The van der Waals surface area contributed by atoms with Gasteiger partial charge in [0.1, 0.15) is 0 Å². The molecule has 1 aliphatic carbocycles. The highest BCUT2D eigenvalue weighted by Crippen LogP contribution is 2.41. The van der Waals surface area contributed by atoms with Gasteiger partial charge in [0, 0.05) is 20.3 Å². The van der Waals surface area contributed by atoms with Crippen LogP contribution in [0.4, 0.5) is 0 Å². The first kappa shape index (κ1) is 24.0. The Kier molecular flexibility index (Phi) is 7.34. The second kappa shape index (κ2) is 8.86. The molecule has 0 aromatic heterocycles. The molecular weight excluding hydrogens is 382 g/mol. The molecule has 0 saturated carbocycles. The van der Waals surface area contributed by atoms with Crippen LogP contribution in [0.25, 0.3) is 0 Å². The van der Waals surface area contributed by atoms with Crippen molar-refractivity contribution in [2.24, 2.45) is 5.41 Å². The Morgan fingerprint density at radius 2 is 2.00 bits per heavy atom. The number of hydrogen-bond donors (Lipinski definition) is 0. The lowest BCUT2D eigenvalue weighted by Gasteiger charge is -2.39. The van der Waals surface area contributed by atoms with Gasteiger partial charge >= 0.3 is 0 Å². The first-order valence-electron chi connectivity index (χ1n) is 10.7. The van der Waals surface area contributed by atoms with Gasteiger partial charge in [0.2, 0.25) is 5.91 Å². The smallest absolute Gasteiger partial charge is 0.236 e. The summed E-state index contributed by atoms with van der Waals surface area (Å²) >= 11 is 0. The molecule has 0 radical (unpaired) electrons. The van der Waals surface area contributed by atoms with Crippen LogP contribution in [-0.4, -0.2) is 57.8 Å². The van der Waals surface area contributed by atoms with E-state index in [0.717, 1.165) is 25.0 Å². The largest absolute Gasteiger partial charge is 0.417 e. The van der Waals surface area contributed by atoms with E-state index in [1.807, 2.05) is 17.9 Å². The minimum absolute atomic E-state index is 0.00698. The molecule has 0 aromatic rings. The molecule has 0 aromatic carbocycles. The molecule has 1 heterocycles. The third-order valence-electron chi connectivity index (χ3n) is 6.95. The molecule has 1 aliphatic heterocycles. The van der Waals surface area contributed by atoms with Crippen molar-refractivity contribution in [3.8, 4) is 0 Å². The fraction of sp³-hybridized carbons (Fsp3) is 0.739. The van der Waals surface area contributed by atoms with Crippen molar-refractivity contribution in [2.75, 3.05) is 26.9 Å². The number of methoxy groups -OCH3 is 1. The maximum atomic E-state index is 13.6. The summed E-state index contributed by atoms with van der Waals surface area (Å²) in [6, 6.07) is 0.111. The average molecular weight is 422 g/mol. The number of likely N-dealkylation sites (tertiary alicyclic amines) is 1. The lowest BCUT2D eigenvalue weighted by Crippen LogP contribution is -2.47. The van der Waals surface area contributed by atoms with E-state index in [1.54, 1.807) is 20.1 Å². The Hall–Kier alpha value is -1.24. The summed E-state index contributed by atoms with van der Waals surface area (Å²) in [7, 11) is -0.204. The fourth-order valence-corrected chi connectivity index (χ4v) is 4.99. The lowest BCUT2D eigenvalue weighted by atomic mass is 9.73. The number of hydrogen-bond acceptors (Lipinski definition) is 4. The summed E-state index contributed by atoms with van der Waals surface area (Å²) in [5, 5.41) is 0.127. The fourth-order valence-electron chi connectivity index (χ4n) is 3.95. The van der Waals surface area contributed by atoms with Crippen LogP contribution >= 0.6 is 0 Å². The van der Waals surface area contributed by atoms with E-state index in [1.165, 1.54) is 0 Å². The summed E-state index contributed by atoms with van der Waals surface area (Å²) in [4.78, 5) is 28.0. The lowest BCUT2D eigenvalue weighted by molar-refractivity contribution is -0.139. The average Bonchev–Trinajstić information content (AvgIpc) is 3.06. The highest BCUT2D eigenvalue weighted by molar-refractivity contribution is 6.74. The second-order valence-electron chi connectivity index (χ2n) is 10.2. The molecule has 0 bridgehead atoms. The number of allylic oxidation sites excluding steroid dienone is 2. The monoisotopic (exact) mass is 421 g/mol. The van der Waals surface area contributed by atoms with Gasteiger partial charge in [-0.25, -0.2) is 0 Å². The molecule has 1 saturated heterocycles. The van der Waals surface area contributed by atoms with Crippen LogP contribution in [0.3, 0.4) is 0 Å². The zero-order valence-corrected chi connectivity index (χ0v) is 20.6. The molecule has 0 unspecified atom stereocenters. The molecular formula is C23H39NO4Si. The standard InChI is InChI=1S/C23H39NO4Si/c1-17-15-23(5,21(26)24-12-9-10-19(24)16-27-6)18(14-20(17)25)11-13-28-29(7,8)22(2,3)4/h14-15,19H,9-13,16H2,1-8H3/t19-,23+/m0/s1. The molecule has 2 aliphatic rings. The molecule has 1 amide bonds. The number of nitrogens with zero attached hydrogens (tertiary/aromatic N) is 1. The number of ether oxygens (including phenoxy) is 1. The molecule has 2 rings (SSSR count). The first-order chi connectivity index (χ1) is 13.3. The van der Waals surface area contributed by atoms with Crippen LogP contribution in [-0.2, 0) is 18.8 Å². The first-order valence-corrected chi connectivity index (χ1v) is 13.6. The number of carbonyl (C=O) groups excluding carboxylic acids is 2. The van der Waals surface area contributed by atoms with Crippen LogP contribution < -0.4 is 0 Å². The van der Waals surface area contributed by atoms with Gasteiger partial charge in [0.25, 0.3) is 0 Å². The van der Waals surface area contributed by atoms with Crippen LogP contribution in [0, 0.1) is 5.41 Å². The van der Waals surface area contributed by atoms with Crippen LogP contribution in [0.1, 0.15) is 53.9 Å². The second-order valence-corrected chi connectivity index (χ2v) is 15.0. The molecule has 0 spiro atoms. The molecule has 164 valence electrons. The van der Waals surface area contributed by atoms with Crippen molar-refractivity contribution in [3.05, 3.63) is 23.3 Å². The van der Waals surface area contributed by atoms with Crippen molar-refractivity contribution in [2.45, 2.75) is 78.1 Å². The van der Waals surface area contributed by atoms with Crippen molar-refractivity contribution in [3.63, 3.8) is 0 Å². The summed E-state index contributed by atoms with van der Waals surface area (Å²) in [5.74, 6) is 0.0648. The quantitative estimate of drug-likeness (QED) is 0.568. The normalized spacial score (nSPS) is 25.9. The number of carbonyl (C=O) groups is 2. The van der Waals surface area contributed by atoms with E-state index < -0.39 is 13.7 Å². The SMILES string of the molecule is COC[C@@H]1CCCN1C(=O)[C@]1(C)C=C(C)C(=O)C=C1CCO[Si](C)(C)C(C)(C)C. The zero-order valence-electron chi connectivity index (χ0n) is 19.6. The summed E-state index contributed by atoms with van der Waals surface area (Å²) in [5.41, 5.74) is 0.697.